The monoisotopic (exact) mass is 299 g/mol. The summed E-state index contributed by atoms with van der Waals surface area (Å²) >= 11 is 1.47. The van der Waals surface area contributed by atoms with E-state index in [1.165, 1.54) is 11.8 Å². The number of amides is 1. The SMILES string of the molecule is O=C(Nc1ccccc1)/C(=C/Sc1ccccc1)CCO. The first-order valence-electron chi connectivity index (χ1n) is 6.67. The summed E-state index contributed by atoms with van der Waals surface area (Å²) in [5.74, 6) is -0.182. The Labute approximate surface area is 128 Å². The number of hydrogen-bond acceptors (Lipinski definition) is 3. The minimum atomic E-state index is -0.182. The average molecular weight is 299 g/mol. The van der Waals surface area contributed by atoms with Gasteiger partial charge in [-0.05, 0) is 29.7 Å². The van der Waals surface area contributed by atoms with Gasteiger partial charge in [0, 0.05) is 29.2 Å². The van der Waals surface area contributed by atoms with Crippen molar-refractivity contribution in [3.8, 4) is 0 Å². The van der Waals surface area contributed by atoms with E-state index in [1.807, 2.05) is 60.7 Å². The zero-order valence-corrected chi connectivity index (χ0v) is 12.3. The molecule has 0 atom stereocenters. The molecule has 0 aliphatic rings. The quantitative estimate of drug-likeness (QED) is 0.632. The second-order valence-corrected chi connectivity index (χ2v) is 5.31. The van der Waals surface area contributed by atoms with Crippen molar-refractivity contribution in [3.05, 3.63) is 71.6 Å². The van der Waals surface area contributed by atoms with Gasteiger partial charge in [0.1, 0.15) is 0 Å². The summed E-state index contributed by atoms with van der Waals surface area (Å²) in [5.41, 5.74) is 1.31. The van der Waals surface area contributed by atoms with E-state index < -0.39 is 0 Å². The molecule has 0 spiro atoms. The van der Waals surface area contributed by atoms with Crippen LogP contribution in [0, 0.1) is 0 Å². The van der Waals surface area contributed by atoms with E-state index >= 15 is 0 Å². The lowest BCUT2D eigenvalue weighted by molar-refractivity contribution is -0.113. The molecule has 0 bridgehead atoms. The van der Waals surface area contributed by atoms with Crippen molar-refractivity contribution in [2.45, 2.75) is 11.3 Å². The molecule has 0 saturated heterocycles. The molecule has 3 nitrogen and oxygen atoms in total. The minimum absolute atomic E-state index is 0.0522. The summed E-state index contributed by atoms with van der Waals surface area (Å²) in [7, 11) is 0. The number of carbonyl (C=O) groups excluding carboxylic acids is 1. The van der Waals surface area contributed by atoms with Gasteiger partial charge in [-0.25, -0.2) is 0 Å². The normalized spacial score (nSPS) is 11.2. The van der Waals surface area contributed by atoms with Gasteiger partial charge in [0.25, 0.3) is 5.91 Å². The van der Waals surface area contributed by atoms with Crippen LogP contribution in [0.3, 0.4) is 0 Å². The van der Waals surface area contributed by atoms with Crippen molar-refractivity contribution in [1.82, 2.24) is 0 Å². The van der Waals surface area contributed by atoms with Crippen molar-refractivity contribution in [3.63, 3.8) is 0 Å². The topological polar surface area (TPSA) is 49.3 Å². The molecule has 4 heteroatoms. The number of nitrogens with one attached hydrogen (secondary N) is 1. The molecule has 21 heavy (non-hydrogen) atoms. The zero-order valence-electron chi connectivity index (χ0n) is 11.5. The molecule has 1 amide bonds. The van der Waals surface area contributed by atoms with Crippen LogP contribution in [-0.4, -0.2) is 17.6 Å². The molecule has 0 aromatic heterocycles. The van der Waals surface area contributed by atoms with Crippen molar-refractivity contribution in [2.24, 2.45) is 0 Å². The third-order valence-electron chi connectivity index (χ3n) is 2.78. The largest absolute Gasteiger partial charge is 0.396 e. The van der Waals surface area contributed by atoms with Crippen LogP contribution in [0.15, 0.2) is 76.5 Å². The highest BCUT2D eigenvalue weighted by Crippen LogP contribution is 2.22. The smallest absolute Gasteiger partial charge is 0.252 e. The van der Waals surface area contributed by atoms with Crippen molar-refractivity contribution in [2.75, 3.05) is 11.9 Å². The molecule has 2 rings (SSSR count). The summed E-state index contributed by atoms with van der Waals surface area (Å²) < 4.78 is 0. The predicted octanol–water partition coefficient (Wildman–Crippen LogP) is 3.68. The molecule has 108 valence electrons. The number of rotatable bonds is 6. The van der Waals surface area contributed by atoms with Crippen molar-refractivity contribution < 1.29 is 9.90 Å². The number of hydrogen-bond donors (Lipinski definition) is 2. The third kappa shape index (κ3) is 5.10. The molecule has 0 aliphatic carbocycles. The van der Waals surface area contributed by atoms with E-state index in [0.717, 1.165) is 10.6 Å². The van der Waals surface area contributed by atoms with E-state index in [2.05, 4.69) is 5.32 Å². The van der Waals surface area contributed by atoms with Gasteiger partial charge >= 0.3 is 0 Å². The van der Waals surface area contributed by atoms with Gasteiger partial charge in [0.15, 0.2) is 0 Å². The molecule has 2 aromatic rings. The first kappa shape index (κ1) is 15.4. The molecule has 0 heterocycles. The molecule has 2 N–H and O–H groups in total. The maximum Gasteiger partial charge on any atom is 0.252 e. The van der Waals surface area contributed by atoms with Gasteiger partial charge in [0.05, 0.1) is 0 Å². The molecular weight excluding hydrogens is 282 g/mol. The Hall–Kier alpha value is -2.04. The summed E-state index contributed by atoms with van der Waals surface area (Å²) in [5, 5.41) is 13.7. The molecule has 0 aliphatic heterocycles. The zero-order chi connectivity index (χ0) is 14.9. The predicted molar refractivity (Wildman–Crippen MR) is 87.2 cm³/mol. The number of anilines is 1. The van der Waals surface area contributed by atoms with E-state index in [-0.39, 0.29) is 12.5 Å². The summed E-state index contributed by atoms with van der Waals surface area (Å²) in [6.07, 6.45) is 0.332. The van der Waals surface area contributed by atoms with Crippen LogP contribution in [0.5, 0.6) is 0 Å². The van der Waals surface area contributed by atoms with Crippen molar-refractivity contribution in [1.29, 1.82) is 0 Å². The van der Waals surface area contributed by atoms with Crippen LogP contribution >= 0.6 is 11.8 Å². The highest BCUT2D eigenvalue weighted by molar-refractivity contribution is 8.02. The summed E-state index contributed by atoms with van der Waals surface area (Å²) in [6.45, 7) is -0.0522. The highest BCUT2D eigenvalue weighted by Gasteiger charge is 2.09. The summed E-state index contributed by atoms with van der Waals surface area (Å²) in [6, 6.07) is 19.1. The van der Waals surface area contributed by atoms with Crippen LogP contribution in [-0.2, 0) is 4.79 Å². The molecule has 0 radical (unpaired) electrons. The Morgan fingerprint density at radius 2 is 1.67 bits per heavy atom. The molecule has 0 saturated carbocycles. The molecule has 0 unspecified atom stereocenters. The maximum atomic E-state index is 12.2. The number of carbonyl (C=O) groups is 1. The van der Waals surface area contributed by atoms with E-state index in [9.17, 15) is 4.79 Å². The van der Waals surface area contributed by atoms with Gasteiger partial charge in [0.2, 0.25) is 0 Å². The van der Waals surface area contributed by atoms with Crippen LogP contribution in [0.1, 0.15) is 6.42 Å². The lowest BCUT2D eigenvalue weighted by Gasteiger charge is -2.08. The molecule has 0 fully saturated rings. The highest BCUT2D eigenvalue weighted by atomic mass is 32.2. The van der Waals surface area contributed by atoms with Crippen LogP contribution < -0.4 is 5.32 Å². The van der Waals surface area contributed by atoms with E-state index in [4.69, 9.17) is 5.11 Å². The molecule has 2 aromatic carbocycles. The van der Waals surface area contributed by atoms with Gasteiger partial charge < -0.3 is 10.4 Å². The van der Waals surface area contributed by atoms with Gasteiger partial charge in [-0.3, -0.25) is 4.79 Å². The number of benzene rings is 2. The summed E-state index contributed by atoms with van der Waals surface area (Å²) in [4.78, 5) is 13.3. The second-order valence-electron chi connectivity index (χ2n) is 4.37. The Morgan fingerprint density at radius 1 is 1.05 bits per heavy atom. The van der Waals surface area contributed by atoms with Gasteiger partial charge in [-0.2, -0.15) is 0 Å². The lowest BCUT2D eigenvalue weighted by atomic mass is 10.2. The average Bonchev–Trinajstić information content (AvgIpc) is 2.53. The number of aliphatic hydroxyl groups is 1. The Morgan fingerprint density at radius 3 is 2.29 bits per heavy atom. The Balaban J connectivity index is 2.05. The number of aliphatic hydroxyl groups excluding tert-OH is 1. The lowest BCUT2D eigenvalue weighted by Crippen LogP contribution is -2.15. The number of thioether (sulfide) groups is 1. The first-order chi connectivity index (χ1) is 10.3. The number of para-hydroxylation sites is 1. The van der Waals surface area contributed by atoms with E-state index in [1.54, 1.807) is 5.41 Å². The van der Waals surface area contributed by atoms with Crippen LogP contribution in [0.2, 0.25) is 0 Å². The molecular formula is C17H17NO2S. The fourth-order valence-electron chi connectivity index (χ4n) is 1.72. The minimum Gasteiger partial charge on any atom is -0.396 e. The van der Waals surface area contributed by atoms with Crippen LogP contribution in [0.4, 0.5) is 5.69 Å². The van der Waals surface area contributed by atoms with Gasteiger partial charge in [-0.15, -0.1) is 0 Å². The van der Waals surface area contributed by atoms with Gasteiger partial charge in [-0.1, -0.05) is 48.2 Å². The standard InChI is InChI=1S/C17H17NO2S/c19-12-11-14(13-21-16-9-5-2-6-10-16)17(20)18-15-7-3-1-4-8-15/h1-10,13,19H,11-12H2,(H,18,20)/b14-13+. The Bertz CT molecular complexity index is 597. The van der Waals surface area contributed by atoms with Crippen LogP contribution in [0.25, 0.3) is 0 Å². The second kappa shape index (κ2) is 8.29. The fourth-order valence-corrected chi connectivity index (χ4v) is 2.54. The van der Waals surface area contributed by atoms with E-state index in [0.29, 0.717) is 12.0 Å². The third-order valence-corrected chi connectivity index (χ3v) is 3.73. The maximum absolute atomic E-state index is 12.2. The fraction of sp³-hybridized carbons (Fsp3) is 0.118. The Kier molecular flexibility index (Phi) is 6.06. The first-order valence-corrected chi connectivity index (χ1v) is 7.55. The van der Waals surface area contributed by atoms with Crippen molar-refractivity contribution >= 4 is 23.4 Å².